The van der Waals surface area contributed by atoms with Gasteiger partial charge in [-0.3, -0.25) is 0 Å². The molecule has 26 heavy (non-hydrogen) atoms. The molecule has 5 heteroatoms. The van der Waals surface area contributed by atoms with Gasteiger partial charge in [-0.25, -0.2) is 4.79 Å². The minimum absolute atomic E-state index is 0.0585. The monoisotopic (exact) mass is 351 g/mol. The number of methoxy groups -OCH3 is 2. The molecule has 0 amide bonds. The summed E-state index contributed by atoms with van der Waals surface area (Å²) >= 11 is 0. The predicted octanol–water partition coefficient (Wildman–Crippen LogP) is 4.23. The fourth-order valence-corrected chi connectivity index (χ4v) is 4.19. The van der Waals surface area contributed by atoms with Gasteiger partial charge in [0, 0.05) is 17.2 Å². The van der Waals surface area contributed by atoms with Crippen LogP contribution in [-0.4, -0.2) is 25.3 Å². The van der Waals surface area contributed by atoms with Crippen molar-refractivity contribution in [1.82, 2.24) is 0 Å². The third kappa shape index (κ3) is 2.51. The first-order chi connectivity index (χ1) is 12.6. The molecular weight excluding hydrogens is 330 g/mol. The van der Waals surface area contributed by atoms with Crippen molar-refractivity contribution < 1.29 is 19.4 Å². The highest BCUT2D eigenvalue weighted by Gasteiger charge is 2.39. The molecule has 0 spiro atoms. The van der Waals surface area contributed by atoms with Crippen molar-refractivity contribution in [3.63, 3.8) is 0 Å². The number of benzene rings is 2. The van der Waals surface area contributed by atoms with E-state index in [2.05, 4.69) is 23.5 Å². The van der Waals surface area contributed by atoms with Gasteiger partial charge in [0.1, 0.15) is 0 Å². The molecule has 3 atom stereocenters. The van der Waals surface area contributed by atoms with Crippen LogP contribution in [0.1, 0.15) is 39.9 Å². The number of aromatic carboxylic acids is 1. The maximum Gasteiger partial charge on any atom is 0.335 e. The molecule has 5 nitrogen and oxygen atoms in total. The zero-order valence-electron chi connectivity index (χ0n) is 14.7. The molecule has 0 unspecified atom stereocenters. The second kappa shape index (κ2) is 6.41. The van der Waals surface area contributed by atoms with Crippen LogP contribution < -0.4 is 14.8 Å². The number of carbonyl (C=O) groups is 1. The Balaban J connectivity index is 1.81. The molecule has 0 saturated heterocycles. The van der Waals surface area contributed by atoms with E-state index in [9.17, 15) is 9.90 Å². The van der Waals surface area contributed by atoms with Crippen LogP contribution in [0, 0.1) is 5.92 Å². The van der Waals surface area contributed by atoms with E-state index in [1.54, 1.807) is 26.4 Å². The Bertz CT molecular complexity index is 890. The quantitative estimate of drug-likeness (QED) is 0.807. The summed E-state index contributed by atoms with van der Waals surface area (Å²) in [4.78, 5) is 11.3. The Morgan fingerprint density at radius 3 is 2.73 bits per heavy atom. The first kappa shape index (κ1) is 16.5. The Labute approximate surface area is 152 Å². The van der Waals surface area contributed by atoms with Crippen molar-refractivity contribution in [2.75, 3.05) is 19.5 Å². The summed E-state index contributed by atoms with van der Waals surface area (Å²) in [6.45, 7) is 0. The third-order valence-corrected chi connectivity index (χ3v) is 5.38. The van der Waals surface area contributed by atoms with Gasteiger partial charge in [-0.1, -0.05) is 24.3 Å². The number of carboxylic acid groups (broad SMARTS) is 1. The molecule has 2 aromatic carbocycles. The molecule has 1 aliphatic heterocycles. The number of para-hydroxylation sites is 1. The van der Waals surface area contributed by atoms with Gasteiger partial charge in [0.15, 0.2) is 11.5 Å². The molecule has 0 radical (unpaired) electrons. The summed E-state index contributed by atoms with van der Waals surface area (Å²) in [6.07, 6.45) is 5.30. The number of fused-ring (bicyclic) bond motifs is 3. The summed E-state index contributed by atoms with van der Waals surface area (Å²) in [5.41, 5.74) is 3.39. The molecule has 2 aliphatic rings. The molecule has 0 bridgehead atoms. The van der Waals surface area contributed by atoms with E-state index < -0.39 is 5.97 Å². The third-order valence-electron chi connectivity index (χ3n) is 5.38. The first-order valence-electron chi connectivity index (χ1n) is 8.65. The van der Waals surface area contributed by atoms with E-state index >= 15 is 0 Å². The lowest BCUT2D eigenvalue weighted by Gasteiger charge is -2.38. The minimum atomic E-state index is -0.900. The largest absolute Gasteiger partial charge is 0.493 e. The molecule has 134 valence electrons. The highest BCUT2D eigenvalue weighted by molar-refractivity contribution is 5.89. The second-order valence-electron chi connectivity index (χ2n) is 6.67. The van der Waals surface area contributed by atoms with Gasteiger partial charge in [0.05, 0.1) is 25.8 Å². The van der Waals surface area contributed by atoms with E-state index in [1.165, 1.54) is 0 Å². The summed E-state index contributed by atoms with van der Waals surface area (Å²) in [7, 11) is 3.29. The van der Waals surface area contributed by atoms with Gasteiger partial charge in [0.2, 0.25) is 0 Å². The van der Waals surface area contributed by atoms with Crippen LogP contribution in [0.25, 0.3) is 0 Å². The first-order valence-corrected chi connectivity index (χ1v) is 8.65. The van der Waals surface area contributed by atoms with Crippen molar-refractivity contribution in [2.24, 2.45) is 5.92 Å². The molecule has 2 N–H and O–H groups in total. The maximum absolute atomic E-state index is 11.3. The average molecular weight is 351 g/mol. The van der Waals surface area contributed by atoms with E-state index in [0.717, 1.165) is 29.0 Å². The van der Waals surface area contributed by atoms with Crippen LogP contribution in [0.15, 0.2) is 48.6 Å². The average Bonchev–Trinajstić information content (AvgIpc) is 3.16. The number of hydrogen-bond acceptors (Lipinski definition) is 4. The topological polar surface area (TPSA) is 67.8 Å². The smallest absolute Gasteiger partial charge is 0.335 e. The zero-order valence-corrected chi connectivity index (χ0v) is 14.7. The van der Waals surface area contributed by atoms with Crippen molar-refractivity contribution >= 4 is 11.7 Å². The lowest BCUT2D eigenvalue weighted by molar-refractivity contribution is 0.0696. The normalized spacial score (nSPS) is 22.9. The Morgan fingerprint density at radius 1 is 1.15 bits per heavy atom. The fraction of sp³-hybridized carbons (Fsp3) is 0.286. The van der Waals surface area contributed by atoms with Gasteiger partial charge in [-0.15, -0.1) is 0 Å². The Hall–Kier alpha value is -2.95. The molecule has 1 heterocycles. The summed E-state index contributed by atoms with van der Waals surface area (Å²) in [6, 6.07) is 11.3. The number of carboxylic acids is 1. The summed E-state index contributed by atoms with van der Waals surface area (Å²) < 4.78 is 11.1. The second-order valence-corrected chi connectivity index (χ2v) is 6.67. The fourth-order valence-electron chi connectivity index (χ4n) is 4.19. The van der Waals surface area contributed by atoms with Crippen LogP contribution in [-0.2, 0) is 0 Å². The highest BCUT2D eigenvalue weighted by Crippen LogP contribution is 2.52. The molecule has 0 aromatic heterocycles. The maximum atomic E-state index is 11.3. The predicted molar refractivity (Wildman–Crippen MR) is 99.3 cm³/mol. The van der Waals surface area contributed by atoms with Crippen molar-refractivity contribution in [3.8, 4) is 11.5 Å². The number of ether oxygens (including phenoxy) is 2. The summed E-state index contributed by atoms with van der Waals surface area (Å²) in [5, 5.41) is 12.9. The van der Waals surface area contributed by atoms with Gasteiger partial charge in [-0.05, 0) is 42.2 Å². The van der Waals surface area contributed by atoms with Crippen LogP contribution in [0.4, 0.5) is 5.69 Å². The number of anilines is 1. The Kier molecular flexibility index (Phi) is 4.07. The van der Waals surface area contributed by atoms with Crippen molar-refractivity contribution in [3.05, 3.63) is 65.2 Å². The number of nitrogens with one attached hydrogen (secondary N) is 1. The molecule has 0 fully saturated rings. The number of hydrogen-bond donors (Lipinski definition) is 2. The molecule has 4 rings (SSSR count). The van der Waals surface area contributed by atoms with Gasteiger partial charge in [-0.2, -0.15) is 0 Å². The van der Waals surface area contributed by atoms with Crippen LogP contribution >= 0.6 is 0 Å². The zero-order chi connectivity index (χ0) is 18.3. The lowest BCUT2D eigenvalue weighted by Crippen LogP contribution is -2.29. The molecule has 0 saturated carbocycles. The van der Waals surface area contributed by atoms with E-state index in [-0.39, 0.29) is 12.0 Å². The molecule has 1 aliphatic carbocycles. The SMILES string of the molecule is COc1cccc([C@H]2Nc3ccc(C(=O)O)cc3[C@@H]3C=CC[C@H]23)c1OC. The van der Waals surface area contributed by atoms with Crippen LogP contribution in [0.5, 0.6) is 11.5 Å². The van der Waals surface area contributed by atoms with Crippen molar-refractivity contribution in [2.45, 2.75) is 18.4 Å². The molecular formula is C21H21NO4. The molecule has 2 aromatic rings. The van der Waals surface area contributed by atoms with Gasteiger partial charge >= 0.3 is 5.97 Å². The highest BCUT2D eigenvalue weighted by atomic mass is 16.5. The van der Waals surface area contributed by atoms with Crippen LogP contribution in [0.3, 0.4) is 0 Å². The van der Waals surface area contributed by atoms with Crippen molar-refractivity contribution in [1.29, 1.82) is 0 Å². The lowest BCUT2D eigenvalue weighted by atomic mass is 9.76. The van der Waals surface area contributed by atoms with Gasteiger partial charge in [0.25, 0.3) is 0 Å². The number of rotatable bonds is 4. The van der Waals surface area contributed by atoms with E-state index in [4.69, 9.17) is 9.47 Å². The van der Waals surface area contributed by atoms with E-state index in [0.29, 0.717) is 17.2 Å². The number of allylic oxidation sites excluding steroid dienone is 2. The van der Waals surface area contributed by atoms with Crippen LogP contribution in [0.2, 0.25) is 0 Å². The summed E-state index contributed by atoms with van der Waals surface area (Å²) in [5.74, 6) is 1.03. The minimum Gasteiger partial charge on any atom is -0.493 e. The van der Waals surface area contributed by atoms with E-state index in [1.807, 2.05) is 18.2 Å². The van der Waals surface area contributed by atoms with Gasteiger partial charge < -0.3 is 19.9 Å². The standard InChI is InChI=1S/C21H21NO4/c1-25-18-8-4-7-15(20(18)26-2)19-14-6-3-5-13(14)16-11-12(21(23)24)9-10-17(16)22-19/h3-5,7-11,13-14,19,22H,6H2,1-2H3,(H,23,24)/t13-,14+,19+/m1/s1. The Morgan fingerprint density at radius 2 is 2.00 bits per heavy atom.